The van der Waals surface area contributed by atoms with Crippen LogP contribution in [0, 0.1) is 10.1 Å². The van der Waals surface area contributed by atoms with Crippen molar-refractivity contribution in [2.45, 2.75) is 0 Å². The summed E-state index contributed by atoms with van der Waals surface area (Å²) in [6, 6.07) is 12.2. The number of halogens is 1. The van der Waals surface area contributed by atoms with Gasteiger partial charge in [-0.25, -0.2) is 0 Å². The number of Topliss-reactive ketones (excluding diaryl/α,β-unsaturated/α-hetero) is 1. The molecule has 2 aromatic rings. The molecule has 2 aromatic carbocycles. The molecule has 0 spiro atoms. The molecule has 0 N–H and O–H groups in total. The Labute approximate surface area is 119 Å². The molecular formula is C14H10ClNO4. The molecule has 20 heavy (non-hydrogen) atoms. The zero-order chi connectivity index (χ0) is 14.5. The number of hydrogen-bond donors (Lipinski definition) is 0. The van der Waals surface area contributed by atoms with Crippen LogP contribution in [-0.2, 0) is 0 Å². The number of nitro benzene ring substituents is 1. The Balaban J connectivity index is 2.02. The van der Waals surface area contributed by atoms with E-state index < -0.39 is 4.92 Å². The first-order chi connectivity index (χ1) is 9.58. The van der Waals surface area contributed by atoms with Crippen LogP contribution in [0.3, 0.4) is 0 Å². The zero-order valence-electron chi connectivity index (χ0n) is 10.3. The molecule has 0 atom stereocenters. The lowest BCUT2D eigenvalue weighted by Gasteiger charge is -2.06. The van der Waals surface area contributed by atoms with Crippen LogP contribution < -0.4 is 4.74 Å². The average Bonchev–Trinajstić information content (AvgIpc) is 2.46. The molecule has 0 aliphatic heterocycles. The molecule has 102 valence electrons. The molecule has 0 radical (unpaired) electrons. The summed E-state index contributed by atoms with van der Waals surface area (Å²) in [6.45, 7) is -0.179. The summed E-state index contributed by atoms with van der Waals surface area (Å²) in [6.07, 6.45) is 0. The van der Waals surface area contributed by atoms with Crippen molar-refractivity contribution >= 4 is 23.1 Å². The average molecular weight is 292 g/mol. The minimum Gasteiger partial charge on any atom is -0.484 e. The number of ether oxygens (including phenoxy) is 1. The maximum absolute atomic E-state index is 11.9. The van der Waals surface area contributed by atoms with E-state index in [4.69, 9.17) is 16.3 Å². The second-order valence-electron chi connectivity index (χ2n) is 3.95. The molecular weight excluding hydrogens is 282 g/mol. The van der Waals surface area contributed by atoms with Gasteiger partial charge < -0.3 is 4.74 Å². The molecule has 0 heterocycles. The first-order valence-corrected chi connectivity index (χ1v) is 6.10. The Morgan fingerprint density at radius 3 is 2.40 bits per heavy atom. The second kappa shape index (κ2) is 6.16. The molecule has 6 heteroatoms. The fraction of sp³-hybridized carbons (Fsp3) is 0.0714. The van der Waals surface area contributed by atoms with E-state index >= 15 is 0 Å². The molecule has 0 aliphatic carbocycles. The Morgan fingerprint density at radius 1 is 1.15 bits per heavy atom. The van der Waals surface area contributed by atoms with Gasteiger partial charge in [0.05, 0.1) is 9.95 Å². The van der Waals surface area contributed by atoms with Crippen LogP contribution in [0.4, 0.5) is 5.69 Å². The largest absolute Gasteiger partial charge is 0.484 e. The van der Waals surface area contributed by atoms with Crippen molar-refractivity contribution in [3.8, 4) is 5.75 Å². The second-order valence-corrected chi connectivity index (χ2v) is 4.35. The van der Waals surface area contributed by atoms with Gasteiger partial charge in [0, 0.05) is 17.7 Å². The third-order valence-electron chi connectivity index (χ3n) is 2.60. The minimum absolute atomic E-state index is 0.0615. The van der Waals surface area contributed by atoms with Gasteiger partial charge in [0.15, 0.2) is 12.4 Å². The highest BCUT2D eigenvalue weighted by molar-refractivity contribution is 6.32. The zero-order valence-corrected chi connectivity index (χ0v) is 11.0. The van der Waals surface area contributed by atoms with Gasteiger partial charge in [-0.2, -0.15) is 0 Å². The van der Waals surface area contributed by atoms with Gasteiger partial charge in [-0.15, -0.1) is 0 Å². The number of nitrogens with zero attached hydrogens (tertiary/aromatic N) is 1. The van der Waals surface area contributed by atoms with Gasteiger partial charge in [-0.1, -0.05) is 23.7 Å². The Bertz CT molecular complexity index is 640. The van der Waals surface area contributed by atoms with E-state index in [1.54, 1.807) is 24.3 Å². The highest BCUT2D eigenvalue weighted by atomic mass is 35.5. The summed E-state index contributed by atoms with van der Waals surface area (Å²) >= 11 is 5.90. The molecule has 0 amide bonds. The van der Waals surface area contributed by atoms with Crippen LogP contribution in [0.25, 0.3) is 0 Å². The predicted molar refractivity (Wildman–Crippen MR) is 74.4 cm³/mol. The lowest BCUT2D eigenvalue weighted by atomic mass is 10.1. The summed E-state index contributed by atoms with van der Waals surface area (Å²) in [7, 11) is 0. The quantitative estimate of drug-likeness (QED) is 0.480. The molecule has 0 fully saturated rings. The number of carbonyl (C=O) groups is 1. The van der Waals surface area contributed by atoms with E-state index in [9.17, 15) is 14.9 Å². The first-order valence-electron chi connectivity index (χ1n) is 5.73. The minimum atomic E-state index is -0.519. The van der Waals surface area contributed by atoms with Crippen molar-refractivity contribution in [2.24, 2.45) is 0 Å². The highest BCUT2D eigenvalue weighted by Crippen LogP contribution is 2.23. The van der Waals surface area contributed by atoms with Crippen LogP contribution >= 0.6 is 11.6 Å². The first kappa shape index (κ1) is 14.0. The van der Waals surface area contributed by atoms with Crippen molar-refractivity contribution in [1.82, 2.24) is 0 Å². The number of para-hydroxylation sites is 1. The maximum atomic E-state index is 11.9. The summed E-state index contributed by atoms with van der Waals surface area (Å²) in [5.74, 6) is 0.143. The van der Waals surface area contributed by atoms with Crippen LogP contribution in [0.2, 0.25) is 5.02 Å². The van der Waals surface area contributed by atoms with Gasteiger partial charge in [0.2, 0.25) is 0 Å². The molecule has 0 aromatic heterocycles. The number of carbonyl (C=O) groups excluding carboxylic acids is 1. The van der Waals surface area contributed by atoms with Gasteiger partial charge in [-0.05, 0) is 24.3 Å². The SMILES string of the molecule is O=C(COc1ccccc1Cl)c1ccc([N+](=O)[O-])cc1. The highest BCUT2D eigenvalue weighted by Gasteiger charge is 2.11. The van der Waals surface area contributed by atoms with Crippen LogP contribution in [0.15, 0.2) is 48.5 Å². The van der Waals surface area contributed by atoms with Crippen molar-refractivity contribution in [3.05, 3.63) is 69.2 Å². The van der Waals surface area contributed by atoms with Gasteiger partial charge in [-0.3, -0.25) is 14.9 Å². The number of hydrogen-bond acceptors (Lipinski definition) is 4. The molecule has 0 saturated heterocycles. The van der Waals surface area contributed by atoms with E-state index in [1.807, 2.05) is 0 Å². The molecule has 0 unspecified atom stereocenters. The van der Waals surface area contributed by atoms with Crippen LogP contribution in [0.5, 0.6) is 5.75 Å². The van der Waals surface area contributed by atoms with E-state index in [0.29, 0.717) is 16.3 Å². The lowest BCUT2D eigenvalue weighted by molar-refractivity contribution is -0.384. The van der Waals surface area contributed by atoms with Crippen molar-refractivity contribution < 1.29 is 14.5 Å². The maximum Gasteiger partial charge on any atom is 0.269 e. The van der Waals surface area contributed by atoms with Gasteiger partial charge in [0.25, 0.3) is 5.69 Å². The van der Waals surface area contributed by atoms with E-state index in [0.717, 1.165) is 0 Å². The van der Waals surface area contributed by atoms with E-state index in [2.05, 4.69) is 0 Å². The van der Waals surface area contributed by atoms with Crippen molar-refractivity contribution in [1.29, 1.82) is 0 Å². The van der Waals surface area contributed by atoms with E-state index in [1.165, 1.54) is 24.3 Å². The third kappa shape index (κ3) is 3.33. The monoisotopic (exact) mass is 291 g/mol. The van der Waals surface area contributed by atoms with Crippen LogP contribution in [-0.4, -0.2) is 17.3 Å². The summed E-state index contributed by atoms with van der Waals surface area (Å²) < 4.78 is 5.32. The molecule has 0 aliphatic rings. The molecule has 5 nitrogen and oxygen atoms in total. The number of benzene rings is 2. The lowest BCUT2D eigenvalue weighted by Crippen LogP contribution is -2.11. The van der Waals surface area contributed by atoms with Gasteiger partial charge >= 0.3 is 0 Å². The topological polar surface area (TPSA) is 69.4 Å². The predicted octanol–water partition coefficient (Wildman–Crippen LogP) is 3.51. The van der Waals surface area contributed by atoms with Crippen LogP contribution in [0.1, 0.15) is 10.4 Å². The number of non-ortho nitro benzene ring substituents is 1. The number of rotatable bonds is 5. The van der Waals surface area contributed by atoms with E-state index in [-0.39, 0.29) is 18.1 Å². The Hall–Kier alpha value is -2.40. The summed E-state index contributed by atoms with van der Waals surface area (Å²) in [5, 5.41) is 10.9. The smallest absolute Gasteiger partial charge is 0.269 e. The third-order valence-corrected chi connectivity index (χ3v) is 2.91. The molecule has 0 saturated carbocycles. The fourth-order valence-electron chi connectivity index (χ4n) is 1.56. The molecule has 2 rings (SSSR count). The van der Waals surface area contributed by atoms with Crippen molar-refractivity contribution in [3.63, 3.8) is 0 Å². The summed E-state index contributed by atoms with van der Waals surface area (Å²) in [4.78, 5) is 21.9. The number of nitro groups is 1. The normalized spacial score (nSPS) is 10.1. The standard InChI is InChI=1S/C14H10ClNO4/c15-12-3-1-2-4-14(12)20-9-13(17)10-5-7-11(8-6-10)16(18)19/h1-8H,9H2. The van der Waals surface area contributed by atoms with Gasteiger partial charge in [0.1, 0.15) is 5.75 Å². The Kier molecular flexibility index (Phi) is 4.32. The van der Waals surface area contributed by atoms with Crippen molar-refractivity contribution in [2.75, 3.05) is 6.61 Å². The summed E-state index contributed by atoms with van der Waals surface area (Å²) in [5.41, 5.74) is 0.288. The number of ketones is 1. The fourth-order valence-corrected chi connectivity index (χ4v) is 1.75. The Morgan fingerprint density at radius 2 is 1.80 bits per heavy atom. The molecule has 0 bridgehead atoms.